The molecule has 5 nitrogen and oxygen atoms in total. The van der Waals surface area contributed by atoms with Crippen molar-refractivity contribution < 1.29 is 27.5 Å². The molecule has 30 heavy (non-hydrogen) atoms. The second-order valence-corrected chi connectivity index (χ2v) is 8.07. The molecule has 1 aliphatic rings. The zero-order chi connectivity index (χ0) is 21.9. The average Bonchev–Trinajstić information content (AvgIpc) is 2.97. The smallest absolute Gasteiger partial charge is 0.418 e. The van der Waals surface area contributed by atoms with Crippen molar-refractivity contribution in [3.05, 3.63) is 63.5 Å². The van der Waals surface area contributed by atoms with Gasteiger partial charge in [0.25, 0.3) is 11.8 Å². The Morgan fingerprint density at radius 1 is 1.27 bits per heavy atom. The van der Waals surface area contributed by atoms with Crippen molar-refractivity contribution in [2.24, 2.45) is 0 Å². The quantitative estimate of drug-likeness (QED) is 0.480. The number of rotatable bonds is 5. The highest BCUT2D eigenvalue weighted by molar-refractivity contribution is 8.26. The minimum Gasteiger partial charge on any atom is -0.483 e. The van der Waals surface area contributed by atoms with Gasteiger partial charge in [-0.05, 0) is 36.4 Å². The van der Waals surface area contributed by atoms with Crippen LogP contribution >= 0.6 is 35.6 Å². The molecule has 1 saturated heterocycles. The molecule has 0 spiro atoms. The van der Waals surface area contributed by atoms with Crippen LogP contribution in [0.2, 0.25) is 5.02 Å². The molecule has 2 N–H and O–H groups in total. The molecule has 11 heteroatoms. The van der Waals surface area contributed by atoms with Crippen LogP contribution in [0.15, 0.2) is 47.4 Å². The molecular formula is C19H12ClF3N2O3S2. The molecule has 0 aliphatic carbocycles. The van der Waals surface area contributed by atoms with E-state index in [-0.39, 0.29) is 17.3 Å². The van der Waals surface area contributed by atoms with Crippen LogP contribution in [0.3, 0.4) is 0 Å². The zero-order valence-electron chi connectivity index (χ0n) is 14.9. The number of anilines is 1. The topological polar surface area (TPSA) is 67.4 Å². The molecule has 0 unspecified atom stereocenters. The Morgan fingerprint density at radius 3 is 2.67 bits per heavy atom. The Balaban J connectivity index is 1.74. The third-order valence-electron chi connectivity index (χ3n) is 3.77. The fraction of sp³-hybridized carbons (Fsp3) is 0.105. The number of para-hydroxylation sites is 1. The van der Waals surface area contributed by atoms with E-state index < -0.39 is 24.3 Å². The van der Waals surface area contributed by atoms with Crippen LogP contribution in [-0.2, 0) is 15.8 Å². The molecular weight excluding hydrogens is 461 g/mol. The van der Waals surface area contributed by atoms with Gasteiger partial charge in [-0.2, -0.15) is 13.2 Å². The summed E-state index contributed by atoms with van der Waals surface area (Å²) in [5, 5.41) is 5.03. The van der Waals surface area contributed by atoms with Crippen LogP contribution in [-0.4, -0.2) is 22.7 Å². The number of thiocarbonyl (C=S) groups is 1. The van der Waals surface area contributed by atoms with E-state index in [1.54, 1.807) is 0 Å². The number of hydrogen-bond donors (Lipinski definition) is 2. The molecule has 0 aromatic heterocycles. The molecule has 0 bridgehead atoms. The maximum absolute atomic E-state index is 13.0. The predicted octanol–water partition coefficient (Wildman–Crippen LogP) is 4.87. The third-order valence-corrected chi connectivity index (χ3v) is 5.16. The van der Waals surface area contributed by atoms with E-state index in [0.717, 1.165) is 23.9 Å². The monoisotopic (exact) mass is 472 g/mol. The summed E-state index contributed by atoms with van der Waals surface area (Å²) in [6, 6.07) is 9.15. The molecule has 1 fully saturated rings. The maximum Gasteiger partial charge on any atom is 0.418 e. The molecule has 156 valence electrons. The lowest BCUT2D eigenvalue weighted by atomic mass is 10.1. The molecule has 0 radical (unpaired) electrons. The second-order valence-electron chi connectivity index (χ2n) is 5.91. The van der Waals surface area contributed by atoms with Crippen molar-refractivity contribution in [1.82, 2.24) is 5.32 Å². The van der Waals surface area contributed by atoms with Crippen LogP contribution in [0, 0.1) is 0 Å². The third kappa shape index (κ3) is 5.53. The Hall–Kier alpha value is -2.56. The summed E-state index contributed by atoms with van der Waals surface area (Å²) in [4.78, 5) is 24.3. The number of carbonyl (C=O) groups is 2. The van der Waals surface area contributed by atoms with Crippen LogP contribution in [0.1, 0.15) is 11.1 Å². The lowest BCUT2D eigenvalue weighted by Gasteiger charge is -2.14. The fourth-order valence-corrected chi connectivity index (χ4v) is 3.71. The Kier molecular flexibility index (Phi) is 6.69. The molecule has 3 rings (SSSR count). The first kappa shape index (κ1) is 22.1. The number of thioether (sulfide) groups is 1. The zero-order valence-corrected chi connectivity index (χ0v) is 17.3. The summed E-state index contributed by atoms with van der Waals surface area (Å²) in [5.74, 6) is -0.941. The van der Waals surface area contributed by atoms with Crippen molar-refractivity contribution in [2.75, 3.05) is 11.9 Å². The molecule has 1 aliphatic heterocycles. The van der Waals surface area contributed by atoms with E-state index in [9.17, 15) is 22.8 Å². The van der Waals surface area contributed by atoms with Crippen LogP contribution in [0.25, 0.3) is 6.08 Å². The van der Waals surface area contributed by atoms with Crippen molar-refractivity contribution in [2.45, 2.75) is 6.18 Å². The first-order chi connectivity index (χ1) is 14.1. The number of halogens is 4. The number of alkyl halides is 3. The lowest BCUT2D eigenvalue weighted by molar-refractivity contribution is -0.137. The minimum atomic E-state index is -4.61. The van der Waals surface area contributed by atoms with Crippen molar-refractivity contribution >= 4 is 63.5 Å². The number of nitrogens with one attached hydrogen (secondary N) is 2. The van der Waals surface area contributed by atoms with E-state index in [1.165, 1.54) is 36.4 Å². The highest BCUT2D eigenvalue weighted by Crippen LogP contribution is 2.35. The Bertz CT molecular complexity index is 1060. The van der Waals surface area contributed by atoms with E-state index in [2.05, 4.69) is 10.6 Å². The predicted molar refractivity (Wildman–Crippen MR) is 113 cm³/mol. The Morgan fingerprint density at radius 2 is 2.00 bits per heavy atom. The number of amides is 2. The van der Waals surface area contributed by atoms with Crippen LogP contribution in [0.5, 0.6) is 5.75 Å². The Labute approximate surface area is 183 Å². The standard InChI is InChI=1S/C19H12ClF3N2O3S2/c20-11-5-6-14(10(7-11)8-15-17(27)25-18(29)30-15)28-9-16(26)24-13-4-2-1-3-12(13)19(21,22)23/h1-8H,9H2,(H,24,26)(H,25,27,29)/b15-8-. The number of ether oxygens (including phenoxy) is 1. The summed E-state index contributed by atoms with van der Waals surface area (Å²) < 4.78 is 44.9. The van der Waals surface area contributed by atoms with E-state index >= 15 is 0 Å². The van der Waals surface area contributed by atoms with Gasteiger partial charge < -0.3 is 15.4 Å². The van der Waals surface area contributed by atoms with Crippen LogP contribution in [0.4, 0.5) is 18.9 Å². The fourth-order valence-electron chi connectivity index (χ4n) is 2.49. The average molecular weight is 473 g/mol. The van der Waals surface area contributed by atoms with E-state index in [4.69, 9.17) is 28.6 Å². The van der Waals surface area contributed by atoms with Gasteiger partial charge in [-0.15, -0.1) is 0 Å². The van der Waals surface area contributed by atoms with E-state index in [0.29, 0.717) is 19.8 Å². The molecule has 2 amide bonds. The van der Waals surface area contributed by atoms with Gasteiger partial charge in [-0.25, -0.2) is 0 Å². The second kappa shape index (κ2) is 9.07. The largest absolute Gasteiger partial charge is 0.483 e. The van der Waals surface area contributed by atoms with Gasteiger partial charge in [0.05, 0.1) is 16.2 Å². The summed E-state index contributed by atoms with van der Waals surface area (Å²) in [6.07, 6.45) is -3.11. The molecule has 1 heterocycles. The van der Waals surface area contributed by atoms with Gasteiger partial charge in [0.15, 0.2) is 6.61 Å². The number of hydrogen-bond acceptors (Lipinski definition) is 5. The summed E-state index contributed by atoms with van der Waals surface area (Å²) >= 11 is 12.0. The highest BCUT2D eigenvalue weighted by atomic mass is 35.5. The number of benzene rings is 2. The summed E-state index contributed by atoms with van der Waals surface area (Å²) in [5.41, 5.74) is -0.923. The molecule has 2 aromatic carbocycles. The SMILES string of the molecule is O=C(COc1ccc(Cl)cc1/C=C1\SC(=S)NC1=O)Nc1ccccc1C(F)(F)F. The van der Waals surface area contributed by atoms with Gasteiger partial charge in [-0.3, -0.25) is 9.59 Å². The van der Waals surface area contributed by atoms with Crippen molar-refractivity contribution in [3.8, 4) is 5.75 Å². The van der Waals surface area contributed by atoms with Gasteiger partial charge in [-0.1, -0.05) is 47.7 Å². The van der Waals surface area contributed by atoms with Gasteiger partial charge in [0.1, 0.15) is 10.1 Å². The first-order valence-electron chi connectivity index (χ1n) is 8.27. The van der Waals surface area contributed by atoms with Crippen molar-refractivity contribution in [1.29, 1.82) is 0 Å². The molecule has 0 atom stereocenters. The maximum atomic E-state index is 13.0. The summed E-state index contributed by atoms with van der Waals surface area (Å²) in [6.45, 7) is -0.554. The van der Waals surface area contributed by atoms with Gasteiger partial charge in [0.2, 0.25) is 0 Å². The number of carbonyl (C=O) groups excluding carboxylic acids is 2. The van der Waals surface area contributed by atoms with Gasteiger partial charge in [0, 0.05) is 10.6 Å². The molecule has 2 aromatic rings. The normalized spacial score (nSPS) is 15.3. The lowest BCUT2D eigenvalue weighted by Crippen LogP contribution is -2.22. The highest BCUT2D eigenvalue weighted by Gasteiger charge is 2.33. The van der Waals surface area contributed by atoms with Gasteiger partial charge >= 0.3 is 6.18 Å². The molecule has 0 saturated carbocycles. The van der Waals surface area contributed by atoms with Crippen molar-refractivity contribution in [3.63, 3.8) is 0 Å². The summed E-state index contributed by atoms with van der Waals surface area (Å²) in [7, 11) is 0. The van der Waals surface area contributed by atoms with E-state index in [1.807, 2.05) is 0 Å². The van der Waals surface area contributed by atoms with Crippen LogP contribution < -0.4 is 15.4 Å². The first-order valence-corrected chi connectivity index (χ1v) is 9.87. The minimum absolute atomic E-state index is 0.220.